The fourth-order valence-corrected chi connectivity index (χ4v) is 2.12. The number of fused-ring (bicyclic) bond motifs is 1. The minimum absolute atomic E-state index is 0.0842. The second-order valence-corrected chi connectivity index (χ2v) is 4.64. The number of nitrogens with one attached hydrogen (secondary N) is 1. The zero-order valence-electron chi connectivity index (χ0n) is 11.6. The third-order valence-corrected chi connectivity index (χ3v) is 3.18. The predicted molar refractivity (Wildman–Crippen MR) is 77.9 cm³/mol. The summed E-state index contributed by atoms with van der Waals surface area (Å²) < 4.78 is 15.6. The van der Waals surface area contributed by atoms with Gasteiger partial charge in [-0.05, 0) is 42.0 Å². The topological polar surface area (TPSA) is 56.8 Å². The van der Waals surface area contributed by atoms with Gasteiger partial charge in [-0.3, -0.25) is 4.79 Å². The van der Waals surface area contributed by atoms with Gasteiger partial charge in [0.05, 0.1) is 13.5 Å². The van der Waals surface area contributed by atoms with Crippen molar-refractivity contribution >= 4 is 11.6 Å². The number of anilines is 1. The van der Waals surface area contributed by atoms with Crippen LogP contribution in [0.15, 0.2) is 42.5 Å². The number of carbonyl (C=O) groups is 1. The van der Waals surface area contributed by atoms with Crippen molar-refractivity contribution in [2.24, 2.45) is 0 Å². The quantitative estimate of drug-likeness (QED) is 0.938. The molecule has 1 aliphatic rings. The number of rotatable bonds is 4. The van der Waals surface area contributed by atoms with Crippen LogP contribution in [0.1, 0.15) is 5.56 Å². The largest absolute Gasteiger partial charge is 0.497 e. The Bertz CT molecular complexity index is 652. The van der Waals surface area contributed by atoms with Crippen LogP contribution >= 0.6 is 0 Å². The lowest BCUT2D eigenvalue weighted by molar-refractivity contribution is -0.115. The third-order valence-electron chi connectivity index (χ3n) is 3.18. The molecule has 0 radical (unpaired) electrons. The molecule has 0 unspecified atom stereocenters. The van der Waals surface area contributed by atoms with Crippen molar-refractivity contribution in [2.75, 3.05) is 19.2 Å². The first kappa shape index (κ1) is 13.3. The van der Waals surface area contributed by atoms with E-state index in [-0.39, 0.29) is 19.1 Å². The van der Waals surface area contributed by atoms with Crippen LogP contribution in [0.4, 0.5) is 5.69 Å². The van der Waals surface area contributed by atoms with Crippen LogP contribution in [0.3, 0.4) is 0 Å². The first-order chi connectivity index (χ1) is 10.2. The van der Waals surface area contributed by atoms with E-state index in [1.54, 1.807) is 31.4 Å². The van der Waals surface area contributed by atoms with Crippen molar-refractivity contribution in [1.29, 1.82) is 0 Å². The number of ether oxygens (including phenoxy) is 3. The smallest absolute Gasteiger partial charge is 0.231 e. The maximum Gasteiger partial charge on any atom is 0.231 e. The zero-order valence-corrected chi connectivity index (χ0v) is 11.6. The van der Waals surface area contributed by atoms with Gasteiger partial charge in [-0.2, -0.15) is 0 Å². The Morgan fingerprint density at radius 3 is 2.67 bits per heavy atom. The average molecular weight is 285 g/mol. The van der Waals surface area contributed by atoms with Gasteiger partial charge in [-0.25, -0.2) is 0 Å². The Kier molecular flexibility index (Phi) is 3.64. The molecular weight excluding hydrogens is 270 g/mol. The minimum atomic E-state index is -0.0842. The molecule has 0 spiro atoms. The summed E-state index contributed by atoms with van der Waals surface area (Å²) in [6, 6.07) is 12.7. The molecule has 0 saturated carbocycles. The van der Waals surface area contributed by atoms with Gasteiger partial charge in [0.1, 0.15) is 5.75 Å². The highest BCUT2D eigenvalue weighted by molar-refractivity contribution is 5.92. The lowest BCUT2D eigenvalue weighted by Gasteiger charge is -2.07. The van der Waals surface area contributed by atoms with E-state index in [9.17, 15) is 4.79 Å². The summed E-state index contributed by atoms with van der Waals surface area (Å²) in [5.41, 5.74) is 1.62. The van der Waals surface area contributed by atoms with Crippen molar-refractivity contribution in [1.82, 2.24) is 0 Å². The normalized spacial score (nSPS) is 12.0. The van der Waals surface area contributed by atoms with Gasteiger partial charge >= 0.3 is 0 Å². The molecule has 0 atom stereocenters. The Morgan fingerprint density at radius 2 is 1.90 bits per heavy atom. The van der Waals surface area contributed by atoms with Crippen LogP contribution in [0.5, 0.6) is 17.2 Å². The monoisotopic (exact) mass is 285 g/mol. The van der Waals surface area contributed by atoms with Crippen LogP contribution in [0.25, 0.3) is 0 Å². The first-order valence-corrected chi connectivity index (χ1v) is 6.57. The molecule has 0 fully saturated rings. The zero-order chi connectivity index (χ0) is 14.7. The van der Waals surface area contributed by atoms with Crippen molar-refractivity contribution in [2.45, 2.75) is 6.42 Å². The van der Waals surface area contributed by atoms with Crippen molar-refractivity contribution in [3.05, 3.63) is 48.0 Å². The molecule has 2 aromatic rings. The summed E-state index contributed by atoms with van der Waals surface area (Å²) in [7, 11) is 1.60. The predicted octanol–water partition coefficient (Wildman–Crippen LogP) is 2.61. The molecule has 1 aliphatic heterocycles. The number of amides is 1. The van der Waals surface area contributed by atoms with Gasteiger partial charge < -0.3 is 19.5 Å². The van der Waals surface area contributed by atoms with E-state index >= 15 is 0 Å². The van der Waals surface area contributed by atoms with Gasteiger partial charge in [0, 0.05) is 5.69 Å². The lowest BCUT2D eigenvalue weighted by atomic mass is 10.1. The first-order valence-electron chi connectivity index (χ1n) is 6.57. The standard InChI is InChI=1S/C16H15NO4/c1-19-13-5-3-12(4-6-13)17-16(18)9-11-2-7-14-15(8-11)21-10-20-14/h2-8H,9-10H2,1H3,(H,17,18). The summed E-state index contributed by atoms with van der Waals surface area (Å²) in [5, 5.41) is 2.84. The molecule has 5 heteroatoms. The molecule has 1 N–H and O–H groups in total. The van der Waals surface area contributed by atoms with Crippen LogP contribution in [0, 0.1) is 0 Å². The maximum atomic E-state index is 12.0. The van der Waals surface area contributed by atoms with Crippen LogP contribution in [0.2, 0.25) is 0 Å². The van der Waals surface area contributed by atoms with Gasteiger partial charge in [0.25, 0.3) is 0 Å². The highest BCUT2D eigenvalue weighted by Gasteiger charge is 2.14. The van der Waals surface area contributed by atoms with Crippen molar-refractivity contribution < 1.29 is 19.0 Å². The summed E-state index contributed by atoms with van der Waals surface area (Å²) in [6.45, 7) is 0.233. The number of benzene rings is 2. The molecule has 0 aliphatic carbocycles. The van der Waals surface area contributed by atoms with E-state index in [1.165, 1.54) is 0 Å². The SMILES string of the molecule is COc1ccc(NC(=O)Cc2ccc3c(c2)OCO3)cc1. The van der Waals surface area contributed by atoms with Gasteiger partial charge in [0.15, 0.2) is 11.5 Å². The van der Waals surface area contributed by atoms with Crippen molar-refractivity contribution in [3.63, 3.8) is 0 Å². The fraction of sp³-hybridized carbons (Fsp3) is 0.188. The summed E-state index contributed by atoms with van der Waals surface area (Å²) >= 11 is 0. The Labute approximate surface area is 122 Å². The minimum Gasteiger partial charge on any atom is -0.497 e. The van der Waals surface area contributed by atoms with E-state index < -0.39 is 0 Å². The Morgan fingerprint density at radius 1 is 1.14 bits per heavy atom. The maximum absolute atomic E-state index is 12.0. The summed E-state index contributed by atoms with van der Waals surface area (Å²) in [5.74, 6) is 2.07. The molecule has 0 aromatic heterocycles. The van der Waals surface area contributed by atoms with Crippen LogP contribution in [-0.2, 0) is 11.2 Å². The molecule has 0 bridgehead atoms. The summed E-state index contributed by atoms with van der Waals surface area (Å²) in [6.07, 6.45) is 0.280. The van der Waals surface area contributed by atoms with E-state index in [0.29, 0.717) is 11.5 Å². The molecular formula is C16H15NO4. The highest BCUT2D eigenvalue weighted by atomic mass is 16.7. The molecule has 5 nitrogen and oxygen atoms in total. The molecule has 21 heavy (non-hydrogen) atoms. The third kappa shape index (κ3) is 3.08. The molecule has 108 valence electrons. The molecule has 0 saturated heterocycles. The van der Waals surface area contributed by atoms with Gasteiger partial charge in [-0.1, -0.05) is 6.07 Å². The van der Waals surface area contributed by atoms with Crippen LogP contribution in [-0.4, -0.2) is 19.8 Å². The second-order valence-electron chi connectivity index (χ2n) is 4.64. The van der Waals surface area contributed by atoms with E-state index in [2.05, 4.69) is 5.32 Å². The molecule has 1 heterocycles. The summed E-state index contributed by atoms with van der Waals surface area (Å²) in [4.78, 5) is 12.0. The molecule has 1 amide bonds. The van der Waals surface area contributed by atoms with Gasteiger partial charge in [0.2, 0.25) is 12.7 Å². The van der Waals surface area contributed by atoms with Crippen molar-refractivity contribution in [3.8, 4) is 17.2 Å². The van der Waals surface area contributed by atoms with E-state index in [0.717, 1.165) is 17.0 Å². The lowest BCUT2D eigenvalue weighted by Crippen LogP contribution is -2.14. The number of hydrogen-bond donors (Lipinski definition) is 1. The fourth-order valence-electron chi connectivity index (χ4n) is 2.12. The van der Waals surface area contributed by atoms with E-state index in [4.69, 9.17) is 14.2 Å². The number of methoxy groups -OCH3 is 1. The Balaban J connectivity index is 1.63. The molecule has 3 rings (SSSR count). The van der Waals surface area contributed by atoms with E-state index in [1.807, 2.05) is 18.2 Å². The Hall–Kier alpha value is -2.69. The number of carbonyl (C=O) groups excluding carboxylic acids is 1. The van der Waals surface area contributed by atoms with Crippen LogP contribution < -0.4 is 19.5 Å². The highest BCUT2D eigenvalue weighted by Crippen LogP contribution is 2.32. The molecule has 2 aromatic carbocycles. The van der Waals surface area contributed by atoms with Gasteiger partial charge in [-0.15, -0.1) is 0 Å². The number of hydrogen-bond acceptors (Lipinski definition) is 4. The second kappa shape index (κ2) is 5.75. The average Bonchev–Trinajstić information content (AvgIpc) is 2.95.